The van der Waals surface area contributed by atoms with E-state index in [1.807, 2.05) is 29.4 Å². The lowest BCUT2D eigenvalue weighted by atomic mass is 10.2. The smallest absolute Gasteiger partial charge is 0.278 e. The molecule has 1 aromatic heterocycles. The zero-order valence-electron chi connectivity index (χ0n) is 12.6. The number of aromatic nitrogens is 1. The van der Waals surface area contributed by atoms with E-state index in [1.54, 1.807) is 24.4 Å². The topological polar surface area (TPSA) is 76.1 Å². The highest BCUT2D eigenvalue weighted by molar-refractivity contribution is 5.84. The number of hydrazone groups is 1. The Hall–Kier alpha value is -2.96. The Balaban J connectivity index is 1.62. The van der Waals surface area contributed by atoms with E-state index in [1.165, 1.54) is 6.07 Å². The summed E-state index contributed by atoms with van der Waals surface area (Å²) >= 11 is 0. The van der Waals surface area contributed by atoms with Crippen molar-refractivity contribution in [3.8, 4) is 0 Å². The van der Waals surface area contributed by atoms with Crippen LogP contribution in [0.4, 0.5) is 11.5 Å². The highest BCUT2D eigenvalue weighted by Crippen LogP contribution is 2.16. The number of H-pyrrole nitrogens is 1. The van der Waals surface area contributed by atoms with Crippen LogP contribution < -0.4 is 9.88 Å². The summed E-state index contributed by atoms with van der Waals surface area (Å²) in [5.41, 5.74) is 0.602. The van der Waals surface area contributed by atoms with Gasteiger partial charge in [-0.3, -0.25) is 20.0 Å². The van der Waals surface area contributed by atoms with Crippen molar-refractivity contribution in [1.29, 1.82) is 0 Å². The SMILES string of the molecule is O=[N+]([O-])c1ccccc1/C=N/N1CCN(c2cccc[nH+]2)CC1. The molecule has 7 heteroatoms. The van der Waals surface area contributed by atoms with Gasteiger partial charge in [0.05, 0.1) is 36.0 Å². The first-order chi connectivity index (χ1) is 11.2. The third-order valence-corrected chi connectivity index (χ3v) is 3.78. The molecule has 0 amide bonds. The molecule has 23 heavy (non-hydrogen) atoms. The molecule has 7 nitrogen and oxygen atoms in total. The number of nitro groups is 1. The fraction of sp³-hybridized carbons (Fsp3) is 0.250. The molecule has 0 bridgehead atoms. The van der Waals surface area contributed by atoms with Crippen LogP contribution >= 0.6 is 0 Å². The van der Waals surface area contributed by atoms with Crippen LogP contribution in [0.1, 0.15) is 5.56 Å². The predicted octanol–water partition coefficient (Wildman–Crippen LogP) is 1.56. The fourth-order valence-corrected chi connectivity index (χ4v) is 2.54. The maximum absolute atomic E-state index is 11.0. The molecule has 1 N–H and O–H groups in total. The van der Waals surface area contributed by atoms with E-state index < -0.39 is 0 Å². The molecule has 1 aliphatic heterocycles. The van der Waals surface area contributed by atoms with Crippen molar-refractivity contribution in [2.24, 2.45) is 5.10 Å². The van der Waals surface area contributed by atoms with Crippen LogP contribution in [0.15, 0.2) is 53.8 Å². The summed E-state index contributed by atoms with van der Waals surface area (Å²) in [5.74, 6) is 1.09. The van der Waals surface area contributed by atoms with Gasteiger partial charge in [0.25, 0.3) is 11.5 Å². The summed E-state index contributed by atoms with van der Waals surface area (Å²) < 4.78 is 0. The molecule has 0 unspecified atom stereocenters. The van der Waals surface area contributed by atoms with Crippen molar-refractivity contribution in [2.45, 2.75) is 0 Å². The van der Waals surface area contributed by atoms with Crippen molar-refractivity contribution in [3.63, 3.8) is 0 Å². The lowest BCUT2D eigenvalue weighted by Crippen LogP contribution is -2.45. The molecule has 1 aliphatic rings. The van der Waals surface area contributed by atoms with Gasteiger partial charge in [-0.05, 0) is 12.1 Å². The number of nitrogens with one attached hydrogen (secondary N) is 1. The number of anilines is 1. The second-order valence-electron chi connectivity index (χ2n) is 5.25. The second-order valence-corrected chi connectivity index (χ2v) is 5.25. The number of nitrogens with zero attached hydrogens (tertiary/aromatic N) is 4. The molecule has 1 saturated heterocycles. The lowest BCUT2D eigenvalue weighted by molar-refractivity contribution is -0.385. The normalized spacial score (nSPS) is 15.1. The largest absolute Gasteiger partial charge is 0.289 e. The number of piperazine rings is 1. The van der Waals surface area contributed by atoms with Crippen LogP contribution in [0.25, 0.3) is 0 Å². The summed E-state index contributed by atoms with van der Waals surface area (Å²) in [7, 11) is 0. The van der Waals surface area contributed by atoms with Gasteiger partial charge in [-0.15, -0.1) is 0 Å². The van der Waals surface area contributed by atoms with Crippen molar-refractivity contribution >= 4 is 17.7 Å². The number of nitro benzene ring substituents is 1. The van der Waals surface area contributed by atoms with E-state index in [0.717, 1.165) is 32.0 Å². The molecular weight excluding hydrogens is 294 g/mol. The molecule has 0 spiro atoms. The predicted molar refractivity (Wildman–Crippen MR) is 87.5 cm³/mol. The van der Waals surface area contributed by atoms with Crippen molar-refractivity contribution in [2.75, 3.05) is 31.1 Å². The molecule has 1 aromatic carbocycles. The van der Waals surface area contributed by atoms with Gasteiger partial charge >= 0.3 is 0 Å². The number of hydrogen-bond acceptors (Lipinski definition) is 5. The first-order valence-corrected chi connectivity index (χ1v) is 7.48. The maximum Gasteiger partial charge on any atom is 0.278 e. The van der Waals surface area contributed by atoms with Crippen LogP contribution in [-0.2, 0) is 0 Å². The van der Waals surface area contributed by atoms with E-state index in [4.69, 9.17) is 0 Å². The average Bonchev–Trinajstić information content (AvgIpc) is 2.61. The zero-order valence-corrected chi connectivity index (χ0v) is 12.6. The average molecular weight is 312 g/mol. The number of para-hydroxylation sites is 1. The van der Waals surface area contributed by atoms with Crippen molar-refractivity contribution in [1.82, 2.24) is 5.01 Å². The van der Waals surface area contributed by atoms with Gasteiger partial charge in [-0.25, -0.2) is 4.98 Å². The summed E-state index contributed by atoms with van der Waals surface area (Å²) in [4.78, 5) is 16.1. The second kappa shape index (κ2) is 6.87. The summed E-state index contributed by atoms with van der Waals surface area (Å²) in [6, 6.07) is 12.6. The Bertz CT molecular complexity index is 697. The Labute approximate surface area is 134 Å². The summed E-state index contributed by atoms with van der Waals surface area (Å²) in [5, 5.41) is 17.3. The van der Waals surface area contributed by atoms with Crippen LogP contribution in [0.5, 0.6) is 0 Å². The first kappa shape index (κ1) is 15.0. The van der Waals surface area contributed by atoms with Crippen LogP contribution in [0.2, 0.25) is 0 Å². The number of hydrogen-bond donors (Lipinski definition) is 0. The molecule has 0 saturated carbocycles. The highest BCUT2D eigenvalue weighted by atomic mass is 16.6. The van der Waals surface area contributed by atoms with Gasteiger partial charge in [0.15, 0.2) is 0 Å². The zero-order chi connectivity index (χ0) is 16.1. The van der Waals surface area contributed by atoms with Crippen LogP contribution in [0.3, 0.4) is 0 Å². The standard InChI is InChI=1S/C16H17N5O2/c22-21(23)15-6-2-1-5-14(15)13-18-20-11-9-19(10-12-20)16-7-3-4-8-17-16/h1-8,13H,9-12H2/p+1/b18-13+. The van der Waals surface area contributed by atoms with E-state index in [0.29, 0.717) is 5.56 Å². The minimum Gasteiger partial charge on any atom is -0.289 e. The van der Waals surface area contributed by atoms with Gasteiger partial charge in [-0.1, -0.05) is 18.2 Å². The van der Waals surface area contributed by atoms with E-state index in [2.05, 4.69) is 15.0 Å². The van der Waals surface area contributed by atoms with Gasteiger partial charge in [0.1, 0.15) is 13.1 Å². The van der Waals surface area contributed by atoms with Gasteiger partial charge in [0.2, 0.25) is 0 Å². The van der Waals surface area contributed by atoms with E-state index >= 15 is 0 Å². The number of aromatic amines is 1. The maximum atomic E-state index is 11.0. The third kappa shape index (κ3) is 3.63. The van der Waals surface area contributed by atoms with E-state index in [9.17, 15) is 10.1 Å². The Kier molecular flexibility index (Phi) is 4.46. The van der Waals surface area contributed by atoms with Crippen molar-refractivity contribution < 1.29 is 9.91 Å². The molecule has 1 fully saturated rings. The van der Waals surface area contributed by atoms with Gasteiger partial charge < -0.3 is 0 Å². The number of benzene rings is 1. The van der Waals surface area contributed by atoms with E-state index in [-0.39, 0.29) is 10.6 Å². The van der Waals surface area contributed by atoms with Crippen molar-refractivity contribution in [3.05, 3.63) is 64.3 Å². The molecular formula is C16H18N5O2+. The molecule has 0 aliphatic carbocycles. The van der Waals surface area contributed by atoms with Crippen LogP contribution in [-0.4, -0.2) is 42.3 Å². The molecule has 118 valence electrons. The summed E-state index contributed by atoms with van der Waals surface area (Å²) in [6.07, 6.45) is 3.48. The van der Waals surface area contributed by atoms with Gasteiger partial charge in [0, 0.05) is 12.1 Å². The Morgan fingerprint density at radius 3 is 2.52 bits per heavy atom. The van der Waals surface area contributed by atoms with Gasteiger partial charge in [-0.2, -0.15) is 5.10 Å². The minimum atomic E-state index is -0.384. The van der Waals surface area contributed by atoms with Crippen LogP contribution in [0, 0.1) is 10.1 Å². The molecule has 3 rings (SSSR count). The third-order valence-electron chi connectivity index (χ3n) is 3.78. The monoisotopic (exact) mass is 312 g/mol. The quantitative estimate of drug-likeness (QED) is 0.488. The lowest BCUT2D eigenvalue weighted by Gasteiger charge is -2.28. The fourth-order valence-electron chi connectivity index (χ4n) is 2.54. The first-order valence-electron chi connectivity index (χ1n) is 7.48. The number of rotatable bonds is 4. The Morgan fingerprint density at radius 1 is 1.09 bits per heavy atom. The minimum absolute atomic E-state index is 0.0776. The molecule has 0 atom stereocenters. The number of pyridine rings is 1. The molecule has 2 heterocycles. The Morgan fingerprint density at radius 2 is 1.83 bits per heavy atom. The highest BCUT2D eigenvalue weighted by Gasteiger charge is 2.22. The molecule has 2 aromatic rings. The molecule has 0 radical (unpaired) electrons. The summed E-state index contributed by atoms with van der Waals surface area (Å²) in [6.45, 7) is 3.27.